The Morgan fingerprint density at radius 2 is 2.12 bits per heavy atom. The lowest BCUT2D eigenvalue weighted by Crippen LogP contribution is -2.35. The SMILES string of the molecule is CCCc1nn(C)c2c1NCCN2CCC. The van der Waals surface area contributed by atoms with Gasteiger partial charge in [-0.15, -0.1) is 0 Å². The summed E-state index contributed by atoms with van der Waals surface area (Å²) >= 11 is 0. The van der Waals surface area contributed by atoms with Crippen molar-refractivity contribution in [3.63, 3.8) is 0 Å². The summed E-state index contributed by atoms with van der Waals surface area (Å²) in [6, 6.07) is 0. The van der Waals surface area contributed by atoms with Crippen LogP contribution in [0, 0.1) is 0 Å². The van der Waals surface area contributed by atoms with Crippen molar-refractivity contribution in [3.05, 3.63) is 5.69 Å². The largest absolute Gasteiger partial charge is 0.379 e. The highest BCUT2D eigenvalue weighted by atomic mass is 15.4. The van der Waals surface area contributed by atoms with Crippen LogP contribution in [0.2, 0.25) is 0 Å². The summed E-state index contributed by atoms with van der Waals surface area (Å²) in [5, 5.41) is 8.13. The van der Waals surface area contributed by atoms with Gasteiger partial charge in [0.1, 0.15) is 5.69 Å². The normalized spacial score (nSPS) is 14.8. The molecule has 1 aromatic heterocycles. The number of aryl methyl sites for hydroxylation is 2. The van der Waals surface area contributed by atoms with Crippen LogP contribution in [0.25, 0.3) is 0 Å². The zero-order valence-electron chi connectivity index (χ0n) is 10.6. The van der Waals surface area contributed by atoms with E-state index in [9.17, 15) is 0 Å². The fourth-order valence-corrected chi connectivity index (χ4v) is 2.43. The van der Waals surface area contributed by atoms with Crippen molar-refractivity contribution in [2.75, 3.05) is 29.9 Å². The molecule has 4 nitrogen and oxygen atoms in total. The van der Waals surface area contributed by atoms with E-state index in [1.165, 1.54) is 23.6 Å². The molecule has 4 heteroatoms. The Morgan fingerprint density at radius 1 is 1.31 bits per heavy atom. The van der Waals surface area contributed by atoms with Gasteiger partial charge < -0.3 is 10.2 Å². The molecule has 0 aromatic carbocycles. The Bertz CT molecular complexity index is 356. The Labute approximate surface area is 97.6 Å². The lowest BCUT2D eigenvalue weighted by Gasteiger charge is -2.30. The standard InChI is InChI=1S/C12H22N4/c1-4-6-10-11-12(15(3)14-10)16(8-5-2)9-7-13-11/h13H,4-9H2,1-3H3. The molecular formula is C12H22N4. The van der Waals surface area contributed by atoms with Gasteiger partial charge in [-0.2, -0.15) is 5.10 Å². The summed E-state index contributed by atoms with van der Waals surface area (Å²) in [7, 11) is 2.05. The van der Waals surface area contributed by atoms with Gasteiger partial charge in [-0.3, -0.25) is 4.68 Å². The van der Waals surface area contributed by atoms with Crippen LogP contribution in [0.4, 0.5) is 11.5 Å². The fourth-order valence-electron chi connectivity index (χ4n) is 2.43. The van der Waals surface area contributed by atoms with Crippen molar-refractivity contribution in [2.24, 2.45) is 7.05 Å². The van der Waals surface area contributed by atoms with Crippen molar-refractivity contribution in [3.8, 4) is 0 Å². The third kappa shape index (κ3) is 1.88. The van der Waals surface area contributed by atoms with E-state index in [4.69, 9.17) is 0 Å². The second-order valence-corrected chi connectivity index (χ2v) is 4.43. The van der Waals surface area contributed by atoms with Crippen LogP contribution in [-0.2, 0) is 13.5 Å². The average Bonchev–Trinajstić information content (AvgIpc) is 2.58. The van der Waals surface area contributed by atoms with Gasteiger partial charge in [0.15, 0.2) is 5.82 Å². The third-order valence-corrected chi connectivity index (χ3v) is 3.05. The Hall–Kier alpha value is -1.19. The Morgan fingerprint density at radius 3 is 2.81 bits per heavy atom. The molecule has 0 unspecified atom stereocenters. The smallest absolute Gasteiger partial charge is 0.150 e. The lowest BCUT2D eigenvalue weighted by molar-refractivity contribution is 0.680. The second-order valence-electron chi connectivity index (χ2n) is 4.43. The molecule has 0 fully saturated rings. The molecule has 0 radical (unpaired) electrons. The highest BCUT2D eigenvalue weighted by Crippen LogP contribution is 2.32. The molecule has 0 saturated heterocycles. The molecule has 2 rings (SSSR count). The molecule has 90 valence electrons. The van der Waals surface area contributed by atoms with E-state index in [-0.39, 0.29) is 0 Å². The van der Waals surface area contributed by atoms with Gasteiger partial charge in [0, 0.05) is 26.7 Å². The molecule has 0 bridgehead atoms. The first-order chi connectivity index (χ1) is 7.77. The predicted molar refractivity (Wildman–Crippen MR) is 68.2 cm³/mol. The average molecular weight is 222 g/mol. The van der Waals surface area contributed by atoms with Crippen molar-refractivity contribution in [2.45, 2.75) is 33.1 Å². The van der Waals surface area contributed by atoms with E-state index in [1.54, 1.807) is 0 Å². The maximum Gasteiger partial charge on any atom is 0.150 e. The van der Waals surface area contributed by atoms with Crippen LogP contribution < -0.4 is 10.2 Å². The van der Waals surface area contributed by atoms with Crippen molar-refractivity contribution in [1.29, 1.82) is 0 Å². The van der Waals surface area contributed by atoms with Gasteiger partial charge in [-0.05, 0) is 12.8 Å². The van der Waals surface area contributed by atoms with Gasteiger partial charge in [0.25, 0.3) is 0 Å². The summed E-state index contributed by atoms with van der Waals surface area (Å²) in [6.45, 7) is 7.68. The lowest BCUT2D eigenvalue weighted by atomic mass is 10.2. The monoisotopic (exact) mass is 222 g/mol. The van der Waals surface area contributed by atoms with Crippen molar-refractivity contribution in [1.82, 2.24) is 9.78 Å². The Kier molecular flexibility index (Phi) is 3.36. The number of aromatic nitrogens is 2. The molecule has 16 heavy (non-hydrogen) atoms. The van der Waals surface area contributed by atoms with Crippen LogP contribution in [0.5, 0.6) is 0 Å². The van der Waals surface area contributed by atoms with Crippen molar-refractivity contribution < 1.29 is 0 Å². The number of hydrogen-bond acceptors (Lipinski definition) is 3. The summed E-state index contributed by atoms with van der Waals surface area (Å²) in [5.41, 5.74) is 2.49. The molecule has 1 aliphatic heterocycles. The van der Waals surface area contributed by atoms with E-state index >= 15 is 0 Å². The fraction of sp³-hybridized carbons (Fsp3) is 0.750. The number of fused-ring (bicyclic) bond motifs is 1. The van der Waals surface area contributed by atoms with Gasteiger partial charge >= 0.3 is 0 Å². The number of nitrogens with zero attached hydrogens (tertiary/aromatic N) is 3. The maximum absolute atomic E-state index is 4.63. The first-order valence-corrected chi connectivity index (χ1v) is 6.32. The van der Waals surface area contributed by atoms with E-state index in [1.807, 2.05) is 11.7 Å². The van der Waals surface area contributed by atoms with E-state index < -0.39 is 0 Å². The minimum Gasteiger partial charge on any atom is -0.379 e. The van der Waals surface area contributed by atoms with Crippen LogP contribution >= 0.6 is 0 Å². The minimum atomic E-state index is 1.04. The first-order valence-electron chi connectivity index (χ1n) is 6.32. The Balaban J connectivity index is 2.32. The zero-order valence-corrected chi connectivity index (χ0v) is 10.6. The summed E-state index contributed by atoms with van der Waals surface area (Å²) < 4.78 is 2.03. The molecule has 0 aliphatic carbocycles. The van der Waals surface area contributed by atoms with Crippen LogP contribution in [0.15, 0.2) is 0 Å². The maximum atomic E-state index is 4.63. The predicted octanol–water partition coefficient (Wildman–Crippen LogP) is 2.01. The molecule has 0 amide bonds. The topological polar surface area (TPSA) is 33.1 Å². The first kappa shape index (κ1) is 11.3. The van der Waals surface area contributed by atoms with Gasteiger partial charge in [-0.1, -0.05) is 20.3 Å². The summed E-state index contributed by atoms with van der Waals surface area (Å²) in [6.07, 6.45) is 3.41. The van der Waals surface area contributed by atoms with E-state index in [0.717, 1.165) is 32.5 Å². The number of rotatable bonds is 4. The third-order valence-electron chi connectivity index (χ3n) is 3.05. The zero-order chi connectivity index (χ0) is 11.5. The molecule has 0 saturated carbocycles. The van der Waals surface area contributed by atoms with E-state index in [2.05, 4.69) is 29.2 Å². The number of nitrogens with one attached hydrogen (secondary N) is 1. The molecule has 1 aliphatic rings. The van der Waals surface area contributed by atoms with Gasteiger partial charge in [-0.25, -0.2) is 0 Å². The molecule has 2 heterocycles. The highest BCUT2D eigenvalue weighted by Gasteiger charge is 2.23. The molecule has 0 atom stereocenters. The van der Waals surface area contributed by atoms with Crippen LogP contribution in [0.1, 0.15) is 32.4 Å². The van der Waals surface area contributed by atoms with Crippen LogP contribution in [0.3, 0.4) is 0 Å². The highest BCUT2D eigenvalue weighted by molar-refractivity contribution is 5.71. The molecule has 0 spiro atoms. The second kappa shape index (κ2) is 4.76. The van der Waals surface area contributed by atoms with Gasteiger partial charge in [0.2, 0.25) is 0 Å². The van der Waals surface area contributed by atoms with Crippen LogP contribution in [-0.4, -0.2) is 29.4 Å². The number of hydrogen-bond donors (Lipinski definition) is 1. The summed E-state index contributed by atoms with van der Waals surface area (Å²) in [5.74, 6) is 1.27. The quantitative estimate of drug-likeness (QED) is 0.846. The van der Waals surface area contributed by atoms with Gasteiger partial charge in [0.05, 0.1) is 5.69 Å². The van der Waals surface area contributed by atoms with E-state index in [0.29, 0.717) is 0 Å². The minimum absolute atomic E-state index is 1.04. The molecular weight excluding hydrogens is 200 g/mol. The molecule has 1 aromatic rings. The summed E-state index contributed by atoms with van der Waals surface area (Å²) in [4.78, 5) is 2.44. The number of anilines is 2. The van der Waals surface area contributed by atoms with Crippen molar-refractivity contribution >= 4 is 11.5 Å². The molecule has 1 N–H and O–H groups in total.